The largest absolute Gasteiger partial charge is 0.274 e. The molecule has 0 spiro atoms. The van der Waals surface area contributed by atoms with Crippen molar-refractivity contribution < 1.29 is 9.59 Å². The van der Waals surface area contributed by atoms with E-state index in [9.17, 15) is 9.59 Å². The van der Waals surface area contributed by atoms with Crippen LogP contribution in [0.3, 0.4) is 0 Å². The Morgan fingerprint density at radius 1 is 0.957 bits per heavy atom. The van der Waals surface area contributed by atoms with Crippen LogP contribution in [-0.2, 0) is 9.59 Å². The quantitative estimate of drug-likeness (QED) is 0.587. The molecule has 1 aromatic rings. The Hall–Kier alpha value is -2.16. The van der Waals surface area contributed by atoms with Crippen LogP contribution in [0.5, 0.6) is 0 Å². The SMILES string of the molecule is CC(C)=C1[C@@H]2C=C[C@@H]1[C@@H]1C(=O)N(c3cc(C)ccc3C)C(=O)[C@H]12. The zero-order valence-electron chi connectivity index (χ0n) is 14.0. The van der Waals surface area contributed by atoms with Crippen LogP contribution in [0.4, 0.5) is 5.69 Å². The minimum Gasteiger partial charge on any atom is -0.274 e. The number of carbonyl (C=O) groups is 2. The van der Waals surface area contributed by atoms with Gasteiger partial charge in [-0.3, -0.25) is 9.59 Å². The van der Waals surface area contributed by atoms with E-state index >= 15 is 0 Å². The first-order chi connectivity index (χ1) is 10.9. The third-order valence-electron chi connectivity index (χ3n) is 5.60. The van der Waals surface area contributed by atoms with Crippen molar-refractivity contribution in [3.05, 3.63) is 52.6 Å². The molecule has 4 atom stereocenters. The average Bonchev–Trinajstić information content (AvgIpc) is 3.13. The lowest BCUT2D eigenvalue weighted by Gasteiger charge is -2.21. The Morgan fingerprint density at radius 2 is 1.52 bits per heavy atom. The van der Waals surface area contributed by atoms with E-state index in [1.807, 2.05) is 32.0 Å². The lowest BCUT2D eigenvalue weighted by atomic mass is 9.85. The second kappa shape index (κ2) is 4.67. The van der Waals surface area contributed by atoms with Gasteiger partial charge in [0.25, 0.3) is 0 Å². The fourth-order valence-electron chi connectivity index (χ4n) is 4.63. The number of rotatable bonds is 1. The highest BCUT2D eigenvalue weighted by Gasteiger charge is 2.62. The number of hydrogen-bond acceptors (Lipinski definition) is 2. The highest BCUT2D eigenvalue weighted by atomic mass is 16.2. The maximum Gasteiger partial charge on any atom is 0.238 e. The fourth-order valence-corrected chi connectivity index (χ4v) is 4.63. The van der Waals surface area contributed by atoms with Crippen molar-refractivity contribution >= 4 is 17.5 Å². The van der Waals surface area contributed by atoms with Crippen LogP contribution in [0.2, 0.25) is 0 Å². The summed E-state index contributed by atoms with van der Waals surface area (Å²) in [4.78, 5) is 27.6. The third-order valence-corrected chi connectivity index (χ3v) is 5.60. The number of carbonyl (C=O) groups excluding carboxylic acids is 2. The highest BCUT2D eigenvalue weighted by Crippen LogP contribution is 2.57. The highest BCUT2D eigenvalue weighted by molar-refractivity contribution is 6.23. The summed E-state index contributed by atoms with van der Waals surface area (Å²) in [7, 11) is 0. The van der Waals surface area contributed by atoms with Crippen LogP contribution in [0, 0.1) is 37.5 Å². The second-order valence-corrected chi connectivity index (χ2v) is 7.25. The fraction of sp³-hybridized carbons (Fsp3) is 0.400. The molecule has 1 saturated carbocycles. The van der Waals surface area contributed by atoms with Gasteiger partial charge in [0.15, 0.2) is 0 Å². The number of imide groups is 1. The maximum absolute atomic E-state index is 13.1. The van der Waals surface area contributed by atoms with E-state index in [2.05, 4.69) is 26.0 Å². The number of aryl methyl sites for hydroxylation is 2. The van der Waals surface area contributed by atoms with Crippen molar-refractivity contribution in [1.82, 2.24) is 0 Å². The van der Waals surface area contributed by atoms with E-state index < -0.39 is 0 Å². The molecule has 2 fully saturated rings. The molecule has 0 radical (unpaired) electrons. The summed E-state index contributed by atoms with van der Waals surface area (Å²) >= 11 is 0. The summed E-state index contributed by atoms with van der Waals surface area (Å²) in [5.41, 5.74) is 5.34. The number of anilines is 1. The molecular weight excluding hydrogens is 286 g/mol. The number of hydrogen-bond donors (Lipinski definition) is 0. The summed E-state index contributed by atoms with van der Waals surface area (Å²) in [6.45, 7) is 8.11. The number of fused-ring (bicyclic) bond motifs is 5. The molecule has 3 aliphatic rings. The van der Waals surface area contributed by atoms with Gasteiger partial charge in [0, 0.05) is 11.8 Å². The van der Waals surface area contributed by atoms with Gasteiger partial charge in [-0.15, -0.1) is 0 Å². The summed E-state index contributed by atoms with van der Waals surface area (Å²) < 4.78 is 0. The predicted octanol–water partition coefficient (Wildman–Crippen LogP) is 3.56. The minimum atomic E-state index is -0.206. The first-order valence-electron chi connectivity index (χ1n) is 8.22. The van der Waals surface area contributed by atoms with Gasteiger partial charge in [0.05, 0.1) is 17.5 Å². The first-order valence-corrected chi connectivity index (χ1v) is 8.22. The van der Waals surface area contributed by atoms with Gasteiger partial charge in [-0.05, 0) is 44.9 Å². The molecule has 2 aliphatic carbocycles. The van der Waals surface area contributed by atoms with Gasteiger partial charge in [-0.1, -0.05) is 35.4 Å². The van der Waals surface area contributed by atoms with E-state index in [0.29, 0.717) is 0 Å². The smallest absolute Gasteiger partial charge is 0.238 e. The molecule has 23 heavy (non-hydrogen) atoms. The lowest BCUT2D eigenvalue weighted by Crippen LogP contribution is -2.33. The van der Waals surface area contributed by atoms with Gasteiger partial charge in [0.1, 0.15) is 0 Å². The Labute approximate surface area is 136 Å². The van der Waals surface area contributed by atoms with Crippen LogP contribution in [0.1, 0.15) is 25.0 Å². The summed E-state index contributed by atoms with van der Waals surface area (Å²) in [6.07, 6.45) is 4.26. The molecule has 0 aromatic heterocycles. The van der Waals surface area contributed by atoms with E-state index in [1.54, 1.807) is 0 Å². The van der Waals surface area contributed by atoms with Crippen molar-refractivity contribution in [3.63, 3.8) is 0 Å². The third kappa shape index (κ3) is 1.76. The molecule has 0 N–H and O–H groups in total. The van der Waals surface area contributed by atoms with Crippen molar-refractivity contribution in [3.8, 4) is 0 Å². The molecule has 1 heterocycles. The molecular formula is C20H21NO2. The summed E-state index contributed by atoms with van der Waals surface area (Å²) in [5, 5.41) is 0. The lowest BCUT2D eigenvalue weighted by molar-refractivity contribution is -0.122. The summed E-state index contributed by atoms with van der Waals surface area (Å²) in [5.74, 6) is -0.235. The minimum absolute atomic E-state index is 0.0238. The molecule has 3 heteroatoms. The van der Waals surface area contributed by atoms with Crippen molar-refractivity contribution in [2.45, 2.75) is 27.7 Å². The van der Waals surface area contributed by atoms with E-state index in [1.165, 1.54) is 16.0 Å². The zero-order chi connectivity index (χ0) is 16.5. The Kier molecular flexibility index (Phi) is 2.93. The van der Waals surface area contributed by atoms with Crippen LogP contribution < -0.4 is 4.90 Å². The monoisotopic (exact) mass is 307 g/mol. The Bertz CT molecular complexity index is 764. The molecule has 1 saturated heterocycles. The standard InChI is InChI=1S/C20H21NO2/c1-10(2)16-13-7-8-14(16)18-17(13)19(22)21(20(18)23)15-9-11(3)5-6-12(15)4/h5-9,13-14,17-18H,1-4H3/t13-,14-,17-,18-/m0/s1. The van der Waals surface area contributed by atoms with Crippen LogP contribution in [0.25, 0.3) is 0 Å². The first kappa shape index (κ1) is 14.4. The number of nitrogens with zero attached hydrogens (tertiary/aromatic N) is 1. The molecule has 1 aromatic carbocycles. The molecule has 1 aliphatic heterocycles. The van der Waals surface area contributed by atoms with Crippen molar-refractivity contribution in [2.24, 2.45) is 23.7 Å². The average molecular weight is 307 g/mol. The zero-order valence-corrected chi connectivity index (χ0v) is 14.0. The maximum atomic E-state index is 13.1. The Morgan fingerprint density at radius 3 is 2.04 bits per heavy atom. The molecule has 2 amide bonds. The van der Waals surface area contributed by atoms with Crippen LogP contribution >= 0.6 is 0 Å². The normalized spacial score (nSPS) is 31.3. The van der Waals surface area contributed by atoms with Crippen molar-refractivity contribution in [2.75, 3.05) is 4.90 Å². The molecule has 2 bridgehead atoms. The number of benzene rings is 1. The van der Waals surface area contributed by atoms with Gasteiger partial charge < -0.3 is 0 Å². The van der Waals surface area contributed by atoms with Gasteiger partial charge in [-0.25, -0.2) is 4.90 Å². The second-order valence-electron chi connectivity index (χ2n) is 7.25. The van der Waals surface area contributed by atoms with Crippen LogP contribution in [-0.4, -0.2) is 11.8 Å². The van der Waals surface area contributed by atoms with Crippen LogP contribution in [0.15, 0.2) is 41.5 Å². The number of amides is 2. The number of allylic oxidation sites excluding steroid dienone is 4. The molecule has 0 unspecified atom stereocenters. The van der Waals surface area contributed by atoms with E-state index in [0.717, 1.165) is 16.8 Å². The Balaban J connectivity index is 1.80. The van der Waals surface area contributed by atoms with Crippen molar-refractivity contribution in [1.29, 1.82) is 0 Å². The predicted molar refractivity (Wildman–Crippen MR) is 89.9 cm³/mol. The topological polar surface area (TPSA) is 37.4 Å². The van der Waals surface area contributed by atoms with Gasteiger partial charge >= 0.3 is 0 Å². The van der Waals surface area contributed by atoms with Gasteiger partial charge in [0.2, 0.25) is 11.8 Å². The molecule has 118 valence electrons. The summed E-state index contributed by atoms with van der Waals surface area (Å²) in [6, 6.07) is 5.94. The molecule has 4 rings (SSSR count). The molecule has 3 nitrogen and oxygen atoms in total. The van der Waals surface area contributed by atoms with E-state index in [-0.39, 0.29) is 35.5 Å². The van der Waals surface area contributed by atoms with Gasteiger partial charge in [-0.2, -0.15) is 0 Å². The van der Waals surface area contributed by atoms with E-state index in [4.69, 9.17) is 0 Å².